The lowest BCUT2D eigenvalue weighted by Gasteiger charge is -2.28. The van der Waals surface area contributed by atoms with Crippen molar-refractivity contribution < 1.29 is 0 Å². The van der Waals surface area contributed by atoms with E-state index in [1.165, 1.54) is 37.9 Å². The second kappa shape index (κ2) is 5.39. The third kappa shape index (κ3) is 2.24. The number of imidazole rings is 1. The summed E-state index contributed by atoms with van der Waals surface area (Å²) in [4.78, 5) is 12.0. The first-order valence-corrected chi connectivity index (χ1v) is 8.11. The van der Waals surface area contributed by atoms with Crippen molar-refractivity contribution in [2.24, 2.45) is 0 Å². The van der Waals surface area contributed by atoms with Gasteiger partial charge in [-0.25, -0.2) is 9.97 Å². The number of fused-ring (bicyclic) bond motifs is 1. The number of rotatable bonds is 2. The lowest BCUT2D eigenvalue weighted by atomic mass is 10.0. The Balaban J connectivity index is 1.84. The van der Waals surface area contributed by atoms with Gasteiger partial charge < -0.3 is 5.32 Å². The number of pyridine rings is 1. The Hall–Kier alpha value is -1.46. The van der Waals surface area contributed by atoms with Crippen LogP contribution in [0, 0.1) is 0 Å². The first-order valence-electron chi connectivity index (χ1n) is 8.11. The number of hydrogen-bond donors (Lipinski definition) is 1. The van der Waals surface area contributed by atoms with Gasteiger partial charge in [-0.2, -0.15) is 0 Å². The van der Waals surface area contributed by atoms with Gasteiger partial charge in [-0.1, -0.05) is 6.42 Å². The normalized spacial score (nSPS) is 27.5. The molecule has 4 heterocycles. The number of piperidine rings is 1. The molecule has 2 aromatic heterocycles. The van der Waals surface area contributed by atoms with Crippen LogP contribution in [0.15, 0.2) is 18.3 Å². The van der Waals surface area contributed by atoms with Gasteiger partial charge in [0, 0.05) is 6.20 Å². The summed E-state index contributed by atoms with van der Waals surface area (Å²) >= 11 is 0. The monoisotopic (exact) mass is 285 g/mol. The largest absolute Gasteiger partial charge is 0.307 e. The Kier molecular flexibility index (Phi) is 3.39. The average molecular weight is 285 g/mol. The molecule has 2 aliphatic heterocycles. The van der Waals surface area contributed by atoms with Crippen LogP contribution in [0.2, 0.25) is 0 Å². The summed E-state index contributed by atoms with van der Waals surface area (Å²) in [6.45, 7) is 2.26. The molecular weight excluding hydrogens is 262 g/mol. The van der Waals surface area contributed by atoms with Crippen LogP contribution in [-0.2, 0) is 0 Å². The summed E-state index contributed by atoms with van der Waals surface area (Å²) in [5, 5.41) is 3.65. The molecule has 5 nitrogen and oxygen atoms in total. The smallest absolute Gasteiger partial charge is 0.161 e. The van der Waals surface area contributed by atoms with Crippen molar-refractivity contribution in [3.8, 4) is 0 Å². The molecule has 4 rings (SSSR count). The second-order valence-corrected chi connectivity index (χ2v) is 6.29. The fraction of sp³-hybridized carbons (Fsp3) is 0.625. The molecule has 0 aromatic carbocycles. The average Bonchev–Trinajstić information content (AvgIpc) is 3.11. The van der Waals surface area contributed by atoms with E-state index in [-0.39, 0.29) is 0 Å². The molecule has 0 bridgehead atoms. The van der Waals surface area contributed by atoms with Crippen LogP contribution in [-0.4, -0.2) is 39.6 Å². The number of hydrogen-bond acceptors (Lipinski definition) is 4. The van der Waals surface area contributed by atoms with E-state index >= 15 is 0 Å². The summed E-state index contributed by atoms with van der Waals surface area (Å²) in [6.07, 6.45) is 8.48. The summed E-state index contributed by atoms with van der Waals surface area (Å²) in [6, 6.07) is 4.44. The zero-order valence-electron chi connectivity index (χ0n) is 12.6. The Morgan fingerprint density at radius 2 is 2.19 bits per heavy atom. The molecule has 2 atom stereocenters. The summed E-state index contributed by atoms with van der Waals surface area (Å²) in [5.74, 6) is 1.18. The molecule has 5 heteroatoms. The van der Waals surface area contributed by atoms with E-state index in [0.29, 0.717) is 12.2 Å². The maximum absolute atomic E-state index is 4.93. The van der Waals surface area contributed by atoms with Gasteiger partial charge in [0.05, 0.1) is 12.2 Å². The molecule has 21 heavy (non-hydrogen) atoms. The van der Waals surface area contributed by atoms with Crippen molar-refractivity contribution in [1.29, 1.82) is 0 Å². The van der Waals surface area contributed by atoms with E-state index in [0.717, 1.165) is 24.3 Å². The molecule has 0 spiro atoms. The van der Waals surface area contributed by atoms with E-state index in [1.54, 1.807) is 0 Å². The van der Waals surface area contributed by atoms with Crippen molar-refractivity contribution in [3.63, 3.8) is 0 Å². The zero-order chi connectivity index (χ0) is 14.2. The number of aromatic nitrogens is 3. The molecule has 2 unspecified atom stereocenters. The molecule has 1 N–H and O–H groups in total. The maximum Gasteiger partial charge on any atom is 0.161 e. The highest BCUT2D eigenvalue weighted by atomic mass is 15.3. The van der Waals surface area contributed by atoms with E-state index in [4.69, 9.17) is 4.98 Å². The highest BCUT2D eigenvalue weighted by Crippen LogP contribution is 2.33. The molecule has 2 aliphatic rings. The van der Waals surface area contributed by atoms with Crippen LogP contribution in [0.3, 0.4) is 0 Å². The number of nitrogens with zero attached hydrogens (tertiary/aromatic N) is 4. The van der Waals surface area contributed by atoms with Gasteiger partial charge in [-0.05, 0) is 58.0 Å². The van der Waals surface area contributed by atoms with Crippen LogP contribution in [0.5, 0.6) is 0 Å². The van der Waals surface area contributed by atoms with Crippen molar-refractivity contribution >= 4 is 11.2 Å². The Labute approximate surface area is 125 Å². The lowest BCUT2D eigenvalue weighted by molar-refractivity contribution is 0.229. The molecule has 2 fully saturated rings. The molecule has 0 aliphatic carbocycles. The molecular formula is C16H23N5. The van der Waals surface area contributed by atoms with Gasteiger partial charge in [0.25, 0.3) is 0 Å². The second-order valence-electron chi connectivity index (χ2n) is 6.29. The highest BCUT2D eigenvalue weighted by Gasteiger charge is 2.30. The first-order chi connectivity index (χ1) is 10.3. The summed E-state index contributed by atoms with van der Waals surface area (Å²) in [5.41, 5.74) is 2.07. The highest BCUT2D eigenvalue weighted by molar-refractivity contribution is 5.71. The van der Waals surface area contributed by atoms with Crippen molar-refractivity contribution in [3.05, 3.63) is 24.2 Å². The van der Waals surface area contributed by atoms with Crippen LogP contribution in [0.1, 0.15) is 50.1 Å². The SMILES string of the molecule is CN1CCCC1n1c(C2CCCCN2)nc2cccnc21. The van der Waals surface area contributed by atoms with Gasteiger partial charge in [0.1, 0.15) is 11.3 Å². The predicted octanol–water partition coefficient (Wildman–Crippen LogP) is 2.47. The number of nitrogens with one attached hydrogen (secondary N) is 1. The number of likely N-dealkylation sites (tertiary alicyclic amines) is 1. The Morgan fingerprint density at radius 3 is 2.95 bits per heavy atom. The first kappa shape index (κ1) is 13.2. The van der Waals surface area contributed by atoms with Gasteiger partial charge in [-0.15, -0.1) is 0 Å². The molecule has 0 radical (unpaired) electrons. The van der Waals surface area contributed by atoms with Crippen molar-refractivity contribution in [2.75, 3.05) is 20.1 Å². The van der Waals surface area contributed by atoms with Gasteiger partial charge in [-0.3, -0.25) is 9.47 Å². The van der Waals surface area contributed by atoms with E-state index in [1.807, 2.05) is 12.3 Å². The summed E-state index contributed by atoms with van der Waals surface area (Å²) < 4.78 is 2.39. The van der Waals surface area contributed by atoms with Crippen LogP contribution >= 0.6 is 0 Å². The van der Waals surface area contributed by atoms with E-state index in [9.17, 15) is 0 Å². The predicted molar refractivity (Wildman–Crippen MR) is 83.0 cm³/mol. The van der Waals surface area contributed by atoms with Crippen molar-refractivity contribution in [1.82, 2.24) is 24.8 Å². The summed E-state index contributed by atoms with van der Waals surface area (Å²) in [7, 11) is 2.21. The third-order valence-corrected chi connectivity index (χ3v) is 4.88. The minimum absolute atomic E-state index is 0.377. The standard InChI is InChI=1S/C16H23N5/c1-20-11-5-8-14(20)21-15-13(7-4-10-18-15)19-16(21)12-6-2-3-9-17-12/h4,7,10,12,14,17H,2-3,5-6,8-9,11H2,1H3. The van der Waals surface area contributed by atoms with E-state index in [2.05, 4.69) is 32.9 Å². The molecule has 0 amide bonds. The van der Waals surface area contributed by atoms with Crippen LogP contribution < -0.4 is 5.32 Å². The van der Waals surface area contributed by atoms with Gasteiger partial charge in [0.15, 0.2) is 5.65 Å². The fourth-order valence-electron chi connectivity index (χ4n) is 3.78. The third-order valence-electron chi connectivity index (χ3n) is 4.88. The quantitative estimate of drug-likeness (QED) is 0.921. The zero-order valence-corrected chi connectivity index (χ0v) is 12.6. The van der Waals surface area contributed by atoms with Crippen LogP contribution in [0.25, 0.3) is 11.2 Å². The van der Waals surface area contributed by atoms with Crippen molar-refractivity contribution in [2.45, 2.75) is 44.3 Å². The van der Waals surface area contributed by atoms with Gasteiger partial charge >= 0.3 is 0 Å². The molecule has 0 saturated carbocycles. The topological polar surface area (TPSA) is 46.0 Å². The minimum atomic E-state index is 0.377. The maximum atomic E-state index is 4.93. The molecule has 2 aromatic rings. The Bertz CT molecular complexity index is 629. The Morgan fingerprint density at radius 1 is 1.24 bits per heavy atom. The molecule has 2 saturated heterocycles. The fourth-order valence-corrected chi connectivity index (χ4v) is 3.78. The van der Waals surface area contributed by atoms with E-state index < -0.39 is 0 Å². The lowest BCUT2D eigenvalue weighted by Crippen LogP contribution is -2.32. The van der Waals surface area contributed by atoms with Crippen LogP contribution in [0.4, 0.5) is 0 Å². The minimum Gasteiger partial charge on any atom is -0.307 e. The molecule has 112 valence electrons. The van der Waals surface area contributed by atoms with Gasteiger partial charge in [0.2, 0.25) is 0 Å².